The molecule has 1 aliphatic carbocycles. The third-order valence-electron chi connectivity index (χ3n) is 3.37. The van der Waals surface area contributed by atoms with Gasteiger partial charge in [0.25, 0.3) is 0 Å². The van der Waals surface area contributed by atoms with E-state index in [1.165, 1.54) is 11.3 Å². The Morgan fingerprint density at radius 2 is 1.96 bits per heavy atom. The maximum absolute atomic E-state index is 11.9. The molecule has 0 bridgehead atoms. The molecule has 0 saturated heterocycles. The first-order valence-electron chi connectivity index (χ1n) is 7.47. The van der Waals surface area contributed by atoms with Crippen molar-refractivity contribution in [3.8, 4) is 0 Å². The molecule has 2 aromatic rings. The van der Waals surface area contributed by atoms with E-state index < -0.39 is 0 Å². The van der Waals surface area contributed by atoms with Crippen LogP contribution in [0.15, 0.2) is 29.6 Å². The van der Waals surface area contributed by atoms with Crippen LogP contribution >= 0.6 is 11.3 Å². The van der Waals surface area contributed by atoms with Crippen molar-refractivity contribution in [1.82, 2.24) is 10.3 Å². The van der Waals surface area contributed by atoms with Gasteiger partial charge in [-0.05, 0) is 31.9 Å². The van der Waals surface area contributed by atoms with Gasteiger partial charge in [0.15, 0.2) is 5.13 Å². The number of amides is 3. The van der Waals surface area contributed by atoms with Crippen LogP contribution in [0.5, 0.6) is 0 Å². The predicted molar refractivity (Wildman–Crippen MR) is 90.8 cm³/mol. The summed E-state index contributed by atoms with van der Waals surface area (Å²) in [4.78, 5) is 27.9. The van der Waals surface area contributed by atoms with Crippen LogP contribution in [-0.2, 0) is 11.2 Å². The van der Waals surface area contributed by atoms with Gasteiger partial charge >= 0.3 is 6.03 Å². The fraction of sp³-hybridized carbons (Fsp3) is 0.312. The summed E-state index contributed by atoms with van der Waals surface area (Å²) >= 11 is 1.30. The average Bonchev–Trinajstić information content (AvgIpc) is 3.20. The van der Waals surface area contributed by atoms with Crippen molar-refractivity contribution < 1.29 is 9.59 Å². The van der Waals surface area contributed by atoms with E-state index >= 15 is 0 Å². The summed E-state index contributed by atoms with van der Waals surface area (Å²) in [5.41, 5.74) is 2.51. The smallest absolute Gasteiger partial charge is 0.325 e. The molecule has 23 heavy (non-hydrogen) atoms. The first-order chi connectivity index (χ1) is 11.1. The topological polar surface area (TPSA) is 83.1 Å². The van der Waals surface area contributed by atoms with Crippen LogP contribution in [0.25, 0.3) is 0 Å². The van der Waals surface area contributed by atoms with Crippen LogP contribution in [-0.4, -0.2) is 23.0 Å². The molecule has 1 saturated carbocycles. The Bertz CT molecular complexity index is 707. The molecule has 0 atom stereocenters. The lowest BCUT2D eigenvalue weighted by atomic mass is 10.2. The van der Waals surface area contributed by atoms with E-state index in [1.807, 2.05) is 31.2 Å². The molecule has 1 fully saturated rings. The van der Waals surface area contributed by atoms with Crippen molar-refractivity contribution in [3.05, 3.63) is 40.9 Å². The zero-order chi connectivity index (χ0) is 16.2. The maximum Gasteiger partial charge on any atom is 0.325 e. The summed E-state index contributed by atoms with van der Waals surface area (Å²) < 4.78 is 0. The second-order valence-corrected chi connectivity index (χ2v) is 6.47. The third kappa shape index (κ3) is 4.79. The minimum atomic E-state index is -0.350. The Morgan fingerprint density at radius 1 is 1.22 bits per heavy atom. The highest BCUT2D eigenvalue weighted by Crippen LogP contribution is 2.20. The Kier molecular flexibility index (Phi) is 4.57. The highest BCUT2D eigenvalue weighted by atomic mass is 32.1. The normalized spacial score (nSPS) is 13.4. The van der Waals surface area contributed by atoms with Crippen LogP contribution in [0, 0.1) is 6.92 Å². The summed E-state index contributed by atoms with van der Waals surface area (Å²) in [6, 6.07) is 7.52. The number of rotatable bonds is 5. The Hall–Kier alpha value is -2.41. The monoisotopic (exact) mass is 330 g/mol. The van der Waals surface area contributed by atoms with E-state index in [2.05, 4.69) is 20.9 Å². The molecule has 7 heteroatoms. The molecule has 1 aromatic carbocycles. The number of thiazole rings is 1. The van der Waals surface area contributed by atoms with Crippen molar-refractivity contribution in [2.75, 3.05) is 10.6 Å². The van der Waals surface area contributed by atoms with Crippen LogP contribution in [0.3, 0.4) is 0 Å². The number of carbonyl (C=O) groups excluding carboxylic acids is 2. The zero-order valence-corrected chi connectivity index (χ0v) is 13.6. The van der Waals surface area contributed by atoms with Crippen LogP contribution < -0.4 is 16.0 Å². The molecule has 0 spiro atoms. The van der Waals surface area contributed by atoms with Gasteiger partial charge in [-0.25, -0.2) is 9.78 Å². The molecule has 3 N–H and O–H groups in total. The Morgan fingerprint density at radius 3 is 2.65 bits per heavy atom. The summed E-state index contributed by atoms with van der Waals surface area (Å²) in [6.45, 7) is 1.99. The number of urea groups is 1. The van der Waals surface area contributed by atoms with Gasteiger partial charge in [0.2, 0.25) is 5.91 Å². The van der Waals surface area contributed by atoms with E-state index in [9.17, 15) is 9.59 Å². The van der Waals surface area contributed by atoms with Gasteiger partial charge in [0, 0.05) is 17.1 Å². The molecule has 1 aliphatic rings. The standard InChI is InChI=1S/C16H18N4O2S/c1-10-2-4-12(5-3-10)18-15(22)20-16-19-13(9-23-16)8-14(21)17-11-6-7-11/h2-5,9,11H,6-8H2,1H3,(H,17,21)(H2,18,19,20,22). The third-order valence-corrected chi connectivity index (χ3v) is 4.17. The Labute approximate surface area is 138 Å². The molecule has 3 rings (SSSR count). The van der Waals surface area contributed by atoms with E-state index in [1.54, 1.807) is 5.38 Å². The SMILES string of the molecule is Cc1ccc(NC(=O)Nc2nc(CC(=O)NC3CC3)cs2)cc1. The van der Waals surface area contributed by atoms with Gasteiger partial charge in [0.1, 0.15) is 0 Å². The van der Waals surface area contributed by atoms with Crippen molar-refractivity contribution in [2.45, 2.75) is 32.2 Å². The lowest BCUT2D eigenvalue weighted by Gasteiger charge is -2.05. The first-order valence-corrected chi connectivity index (χ1v) is 8.35. The number of nitrogens with zero attached hydrogens (tertiary/aromatic N) is 1. The van der Waals surface area contributed by atoms with E-state index in [0.29, 0.717) is 22.6 Å². The fourth-order valence-corrected chi connectivity index (χ4v) is 2.72. The summed E-state index contributed by atoms with van der Waals surface area (Å²) in [7, 11) is 0. The minimum absolute atomic E-state index is 0.0199. The number of hydrogen-bond donors (Lipinski definition) is 3. The van der Waals surface area contributed by atoms with Gasteiger partial charge in [-0.15, -0.1) is 11.3 Å². The molecular formula is C16H18N4O2S. The summed E-state index contributed by atoms with van der Waals surface area (Å²) in [6.07, 6.45) is 2.37. The van der Waals surface area contributed by atoms with Crippen molar-refractivity contribution in [3.63, 3.8) is 0 Å². The lowest BCUT2D eigenvalue weighted by molar-refractivity contribution is -0.120. The van der Waals surface area contributed by atoms with Gasteiger partial charge in [-0.3, -0.25) is 10.1 Å². The van der Waals surface area contributed by atoms with Crippen molar-refractivity contribution >= 4 is 34.1 Å². The quantitative estimate of drug-likeness (QED) is 0.788. The fourth-order valence-electron chi connectivity index (χ4n) is 2.01. The van der Waals surface area contributed by atoms with Gasteiger partial charge in [0.05, 0.1) is 12.1 Å². The highest BCUT2D eigenvalue weighted by molar-refractivity contribution is 7.13. The van der Waals surface area contributed by atoms with Crippen LogP contribution in [0.4, 0.5) is 15.6 Å². The number of hydrogen-bond acceptors (Lipinski definition) is 4. The number of anilines is 2. The number of benzene rings is 1. The predicted octanol–water partition coefficient (Wildman–Crippen LogP) is 2.92. The number of aryl methyl sites for hydroxylation is 1. The second kappa shape index (κ2) is 6.78. The maximum atomic E-state index is 11.9. The summed E-state index contributed by atoms with van der Waals surface area (Å²) in [5.74, 6) is -0.0199. The van der Waals surface area contributed by atoms with Crippen LogP contribution in [0.2, 0.25) is 0 Å². The van der Waals surface area contributed by atoms with Crippen molar-refractivity contribution in [1.29, 1.82) is 0 Å². The van der Waals surface area contributed by atoms with Crippen molar-refractivity contribution in [2.24, 2.45) is 0 Å². The molecule has 0 aliphatic heterocycles. The first kappa shape index (κ1) is 15.5. The lowest BCUT2D eigenvalue weighted by Crippen LogP contribution is -2.27. The molecule has 1 heterocycles. The Balaban J connectivity index is 1.50. The average molecular weight is 330 g/mol. The second-order valence-electron chi connectivity index (χ2n) is 5.61. The van der Waals surface area contributed by atoms with E-state index in [4.69, 9.17) is 0 Å². The zero-order valence-electron chi connectivity index (χ0n) is 12.8. The van der Waals surface area contributed by atoms with Gasteiger partial charge in [-0.2, -0.15) is 0 Å². The molecule has 1 aromatic heterocycles. The molecular weight excluding hydrogens is 312 g/mol. The number of aromatic nitrogens is 1. The molecule has 0 radical (unpaired) electrons. The van der Waals surface area contributed by atoms with E-state index in [0.717, 1.165) is 18.4 Å². The highest BCUT2D eigenvalue weighted by Gasteiger charge is 2.23. The molecule has 3 amide bonds. The number of nitrogens with one attached hydrogen (secondary N) is 3. The molecule has 120 valence electrons. The summed E-state index contributed by atoms with van der Waals surface area (Å²) in [5, 5.41) is 10.6. The van der Waals surface area contributed by atoms with Crippen LogP contribution in [0.1, 0.15) is 24.1 Å². The van der Waals surface area contributed by atoms with Gasteiger partial charge in [-0.1, -0.05) is 17.7 Å². The van der Waals surface area contributed by atoms with Gasteiger partial charge < -0.3 is 10.6 Å². The molecule has 6 nitrogen and oxygen atoms in total. The molecule has 0 unspecified atom stereocenters. The largest absolute Gasteiger partial charge is 0.353 e. The minimum Gasteiger partial charge on any atom is -0.353 e. The van der Waals surface area contributed by atoms with E-state index in [-0.39, 0.29) is 18.4 Å². The number of carbonyl (C=O) groups is 2.